The molecule has 0 aromatic heterocycles. The van der Waals surface area contributed by atoms with Crippen LogP contribution in [0, 0.1) is 5.82 Å². The van der Waals surface area contributed by atoms with Crippen LogP contribution in [0.3, 0.4) is 0 Å². The first-order valence-electron chi connectivity index (χ1n) is 6.50. The van der Waals surface area contributed by atoms with Gasteiger partial charge < -0.3 is 14.9 Å². The van der Waals surface area contributed by atoms with Gasteiger partial charge in [0.25, 0.3) is 0 Å². The molecule has 104 valence electrons. The van der Waals surface area contributed by atoms with Crippen molar-refractivity contribution in [3.8, 4) is 0 Å². The second kappa shape index (κ2) is 6.02. The molecule has 1 fully saturated rings. The summed E-state index contributed by atoms with van der Waals surface area (Å²) in [5.74, 6) is -1.06. The van der Waals surface area contributed by atoms with Crippen LogP contribution in [0.1, 0.15) is 12.0 Å². The molecular weight excluding hydrogens is 247 g/mol. The molecular formula is C14H19FN2O2. The number of anilines is 1. The van der Waals surface area contributed by atoms with Crippen molar-refractivity contribution in [1.29, 1.82) is 0 Å². The third-order valence-electron chi connectivity index (χ3n) is 3.48. The number of carbonyl (C=O) groups is 1. The number of aryl methyl sites for hydroxylation is 1. The van der Waals surface area contributed by atoms with Gasteiger partial charge in [0.15, 0.2) is 0 Å². The molecule has 5 heteroatoms. The number of likely N-dealkylation sites (N-methyl/N-ethyl adjacent to an activating group) is 1. The van der Waals surface area contributed by atoms with E-state index in [0.29, 0.717) is 12.1 Å². The lowest BCUT2D eigenvalue weighted by atomic mass is 10.1. The molecule has 1 saturated heterocycles. The molecule has 0 atom stereocenters. The smallest absolute Gasteiger partial charge is 0.303 e. The number of aliphatic carboxylic acids is 1. The van der Waals surface area contributed by atoms with Gasteiger partial charge in [0.2, 0.25) is 0 Å². The Morgan fingerprint density at radius 3 is 2.63 bits per heavy atom. The van der Waals surface area contributed by atoms with E-state index in [1.165, 1.54) is 6.07 Å². The van der Waals surface area contributed by atoms with Crippen LogP contribution in [0.4, 0.5) is 10.1 Å². The van der Waals surface area contributed by atoms with Gasteiger partial charge in [-0.15, -0.1) is 0 Å². The molecule has 0 radical (unpaired) electrons. The minimum Gasteiger partial charge on any atom is -0.481 e. The average molecular weight is 266 g/mol. The number of hydrogen-bond acceptors (Lipinski definition) is 3. The molecule has 1 N–H and O–H groups in total. The van der Waals surface area contributed by atoms with Gasteiger partial charge in [0, 0.05) is 32.6 Å². The average Bonchev–Trinajstić information content (AvgIpc) is 2.39. The standard InChI is InChI=1S/C14H19FN2O2/c1-16-6-8-17(9-7-16)13-10-11(2-4-12(13)15)3-5-14(18)19/h2,4,10H,3,5-9H2,1H3,(H,18,19). The molecule has 1 aromatic rings. The highest BCUT2D eigenvalue weighted by atomic mass is 19.1. The third-order valence-corrected chi connectivity index (χ3v) is 3.48. The summed E-state index contributed by atoms with van der Waals surface area (Å²) in [6, 6.07) is 4.88. The van der Waals surface area contributed by atoms with Crippen molar-refractivity contribution < 1.29 is 14.3 Å². The van der Waals surface area contributed by atoms with E-state index < -0.39 is 5.97 Å². The monoisotopic (exact) mass is 266 g/mol. The van der Waals surface area contributed by atoms with Crippen molar-refractivity contribution in [2.45, 2.75) is 12.8 Å². The minimum absolute atomic E-state index is 0.0772. The van der Waals surface area contributed by atoms with Crippen LogP contribution in [0.5, 0.6) is 0 Å². The number of halogens is 1. The van der Waals surface area contributed by atoms with Crippen molar-refractivity contribution >= 4 is 11.7 Å². The first-order valence-corrected chi connectivity index (χ1v) is 6.50. The van der Waals surface area contributed by atoms with Crippen LogP contribution < -0.4 is 4.90 Å². The lowest BCUT2D eigenvalue weighted by Crippen LogP contribution is -2.44. The van der Waals surface area contributed by atoms with Gasteiger partial charge in [-0.1, -0.05) is 6.07 Å². The molecule has 0 unspecified atom stereocenters. The Bertz CT molecular complexity index is 457. The Morgan fingerprint density at radius 2 is 2.00 bits per heavy atom. The number of benzene rings is 1. The molecule has 1 heterocycles. The zero-order valence-electron chi connectivity index (χ0n) is 11.1. The summed E-state index contributed by atoms with van der Waals surface area (Å²) in [7, 11) is 2.05. The predicted octanol–water partition coefficient (Wildman–Crippen LogP) is 1.59. The molecule has 19 heavy (non-hydrogen) atoms. The molecule has 0 spiro atoms. The van der Waals surface area contributed by atoms with E-state index in [2.05, 4.69) is 11.9 Å². The highest BCUT2D eigenvalue weighted by molar-refractivity contribution is 5.67. The summed E-state index contributed by atoms with van der Waals surface area (Å²) < 4.78 is 13.9. The topological polar surface area (TPSA) is 43.8 Å². The largest absolute Gasteiger partial charge is 0.481 e. The zero-order chi connectivity index (χ0) is 13.8. The number of carboxylic acids is 1. The fourth-order valence-corrected chi connectivity index (χ4v) is 2.25. The lowest BCUT2D eigenvalue weighted by molar-refractivity contribution is -0.136. The summed E-state index contributed by atoms with van der Waals surface area (Å²) in [5, 5.41) is 8.69. The Labute approximate surface area is 112 Å². The number of piperazine rings is 1. The maximum atomic E-state index is 13.9. The molecule has 0 amide bonds. The summed E-state index contributed by atoms with van der Waals surface area (Å²) >= 11 is 0. The van der Waals surface area contributed by atoms with Crippen LogP contribution in [0.25, 0.3) is 0 Å². The highest BCUT2D eigenvalue weighted by Gasteiger charge is 2.17. The Kier molecular flexibility index (Phi) is 4.37. The van der Waals surface area contributed by atoms with Crippen LogP contribution in [-0.2, 0) is 11.2 Å². The van der Waals surface area contributed by atoms with Gasteiger partial charge in [0.05, 0.1) is 5.69 Å². The maximum absolute atomic E-state index is 13.9. The molecule has 0 aliphatic carbocycles. The number of hydrogen-bond donors (Lipinski definition) is 1. The van der Waals surface area contributed by atoms with E-state index in [-0.39, 0.29) is 12.2 Å². The van der Waals surface area contributed by atoms with Crippen molar-refractivity contribution in [3.63, 3.8) is 0 Å². The number of carboxylic acid groups (broad SMARTS) is 1. The summed E-state index contributed by atoms with van der Waals surface area (Å²) in [5.41, 5.74) is 1.47. The van der Waals surface area contributed by atoms with Gasteiger partial charge in [0.1, 0.15) is 5.82 Å². The molecule has 1 aliphatic heterocycles. The van der Waals surface area contributed by atoms with E-state index in [1.807, 2.05) is 4.90 Å². The molecule has 0 saturated carbocycles. The molecule has 1 aliphatic rings. The predicted molar refractivity (Wildman–Crippen MR) is 72.1 cm³/mol. The van der Waals surface area contributed by atoms with E-state index in [0.717, 1.165) is 31.7 Å². The van der Waals surface area contributed by atoms with Crippen LogP contribution in [0.15, 0.2) is 18.2 Å². The van der Waals surface area contributed by atoms with Crippen molar-refractivity contribution in [2.24, 2.45) is 0 Å². The summed E-state index contributed by atoms with van der Waals surface area (Å²) in [4.78, 5) is 14.8. The summed E-state index contributed by atoms with van der Waals surface area (Å²) in [6.45, 7) is 3.43. The first-order chi connectivity index (χ1) is 9.06. The first kappa shape index (κ1) is 13.8. The maximum Gasteiger partial charge on any atom is 0.303 e. The summed E-state index contributed by atoms with van der Waals surface area (Å²) in [6.07, 6.45) is 0.518. The van der Waals surface area contributed by atoms with Gasteiger partial charge >= 0.3 is 5.97 Å². The van der Waals surface area contributed by atoms with E-state index in [4.69, 9.17) is 5.11 Å². The van der Waals surface area contributed by atoms with Crippen molar-refractivity contribution in [2.75, 3.05) is 38.1 Å². The zero-order valence-corrected chi connectivity index (χ0v) is 11.1. The lowest BCUT2D eigenvalue weighted by Gasteiger charge is -2.34. The van der Waals surface area contributed by atoms with Crippen molar-refractivity contribution in [1.82, 2.24) is 4.90 Å². The van der Waals surface area contributed by atoms with Gasteiger partial charge in [-0.2, -0.15) is 0 Å². The van der Waals surface area contributed by atoms with Gasteiger partial charge in [-0.05, 0) is 31.2 Å². The second-order valence-electron chi connectivity index (χ2n) is 4.97. The Hall–Kier alpha value is -1.62. The Balaban J connectivity index is 2.10. The number of rotatable bonds is 4. The molecule has 2 rings (SSSR count). The quantitative estimate of drug-likeness (QED) is 0.899. The van der Waals surface area contributed by atoms with Crippen LogP contribution >= 0.6 is 0 Å². The molecule has 4 nitrogen and oxygen atoms in total. The molecule has 1 aromatic carbocycles. The minimum atomic E-state index is -0.828. The fraction of sp³-hybridized carbons (Fsp3) is 0.500. The van der Waals surface area contributed by atoms with Crippen molar-refractivity contribution in [3.05, 3.63) is 29.6 Å². The van der Waals surface area contributed by atoms with E-state index in [9.17, 15) is 9.18 Å². The normalized spacial score (nSPS) is 16.6. The third kappa shape index (κ3) is 3.67. The Morgan fingerprint density at radius 1 is 1.32 bits per heavy atom. The highest BCUT2D eigenvalue weighted by Crippen LogP contribution is 2.23. The molecule has 0 bridgehead atoms. The van der Waals surface area contributed by atoms with Crippen LogP contribution in [-0.4, -0.2) is 49.2 Å². The van der Waals surface area contributed by atoms with Crippen LogP contribution in [0.2, 0.25) is 0 Å². The fourth-order valence-electron chi connectivity index (χ4n) is 2.25. The second-order valence-corrected chi connectivity index (χ2v) is 4.97. The van der Waals surface area contributed by atoms with E-state index >= 15 is 0 Å². The van der Waals surface area contributed by atoms with Gasteiger partial charge in [-0.25, -0.2) is 4.39 Å². The van der Waals surface area contributed by atoms with Gasteiger partial charge in [-0.3, -0.25) is 4.79 Å². The SMILES string of the molecule is CN1CCN(c2cc(CCC(=O)O)ccc2F)CC1. The van der Waals surface area contributed by atoms with E-state index in [1.54, 1.807) is 12.1 Å². The number of nitrogens with zero attached hydrogens (tertiary/aromatic N) is 2.